The fourth-order valence-corrected chi connectivity index (χ4v) is 4.37. The molecular formula is C27H30N2O6. The zero-order valence-corrected chi connectivity index (χ0v) is 19.8. The first-order valence-corrected chi connectivity index (χ1v) is 11.6. The third kappa shape index (κ3) is 5.39. The summed E-state index contributed by atoms with van der Waals surface area (Å²) in [6.45, 7) is 7.76. The van der Waals surface area contributed by atoms with Crippen molar-refractivity contribution < 1.29 is 28.9 Å². The summed E-state index contributed by atoms with van der Waals surface area (Å²) >= 11 is 0. The van der Waals surface area contributed by atoms with Crippen LogP contribution in [0, 0.1) is 0 Å². The molecule has 0 unspecified atom stereocenters. The van der Waals surface area contributed by atoms with Gasteiger partial charge in [0.05, 0.1) is 31.9 Å². The van der Waals surface area contributed by atoms with E-state index in [4.69, 9.17) is 14.2 Å². The summed E-state index contributed by atoms with van der Waals surface area (Å²) in [5, 5.41) is 11.2. The molecule has 0 radical (unpaired) electrons. The zero-order chi connectivity index (χ0) is 24.8. The van der Waals surface area contributed by atoms with E-state index in [0.717, 1.165) is 13.1 Å². The van der Waals surface area contributed by atoms with Crippen molar-refractivity contribution in [2.75, 3.05) is 53.1 Å². The number of rotatable bonds is 9. The minimum absolute atomic E-state index is 0.0583. The number of likely N-dealkylation sites (tertiary alicyclic amines) is 1. The minimum Gasteiger partial charge on any atom is -0.507 e. The van der Waals surface area contributed by atoms with Crippen molar-refractivity contribution in [2.24, 2.45) is 0 Å². The van der Waals surface area contributed by atoms with E-state index in [1.54, 1.807) is 54.5 Å². The summed E-state index contributed by atoms with van der Waals surface area (Å²) in [7, 11) is 1.55. The molecule has 0 bridgehead atoms. The van der Waals surface area contributed by atoms with Crippen LogP contribution in [-0.2, 0) is 14.3 Å². The number of amides is 1. The van der Waals surface area contributed by atoms with Crippen LogP contribution < -0.4 is 9.47 Å². The molecule has 2 aliphatic heterocycles. The minimum atomic E-state index is -0.745. The summed E-state index contributed by atoms with van der Waals surface area (Å²) in [6.07, 6.45) is 1.64. The molecule has 2 aliphatic rings. The Kier molecular flexibility index (Phi) is 7.84. The van der Waals surface area contributed by atoms with Gasteiger partial charge >= 0.3 is 0 Å². The number of hydrogen-bond acceptors (Lipinski definition) is 7. The number of ether oxygens (including phenoxy) is 3. The fourth-order valence-electron chi connectivity index (χ4n) is 4.37. The molecule has 8 heteroatoms. The molecule has 1 N–H and O–H groups in total. The molecule has 35 heavy (non-hydrogen) atoms. The van der Waals surface area contributed by atoms with Gasteiger partial charge in [-0.25, -0.2) is 0 Å². The van der Waals surface area contributed by atoms with E-state index in [9.17, 15) is 14.7 Å². The van der Waals surface area contributed by atoms with Crippen LogP contribution in [0.4, 0.5) is 0 Å². The van der Waals surface area contributed by atoms with Crippen molar-refractivity contribution in [3.63, 3.8) is 0 Å². The Bertz CT molecular complexity index is 1100. The second-order valence-electron chi connectivity index (χ2n) is 8.35. The van der Waals surface area contributed by atoms with Crippen molar-refractivity contribution >= 4 is 17.4 Å². The topological polar surface area (TPSA) is 88.5 Å². The van der Waals surface area contributed by atoms with Crippen molar-refractivity contribution in [2.45, 2.75) is 6.04 Å². The standard InChI is InChI=1S/C27H30N2O6/c1-3-15-35-22-6-4-5-20(18-22)24-23(25(30)19-7-9-21(33-2)10-8-19)26(31)27(32)29(24)12-11-28-13-16-34-17-14-28/h3-10,18,24,30H,1,11-17H2,2H3/b25-23+/t24-/m0/s1. The van der Waals surface area contributed by atoms with Crippen LogP contribution in [0.3, 0.4) is 0 Å². The van der Waals surface area contributed by atoms with E-state index in [1.165, 1.54) is 0 Å². The lowest BCUT2D eigenvalue weighted by Gasteiger charge is -2.31. The Balaban J connectivity index is 1.73. The van der Waals surface area contributed by atoms with Crippen LogP contribution >= 0.6 is 0 Å². The Morgan fingerprint density at radius 3 is 2.54 bits per heavy atom. The maximum Gasteiger partial charge on any atom is 0.295 e. The maximum atomic E-state index is 13.2. The highest BCUT2D eigenvalue weighted by Crippen LogP contribution is 2.40. The van der Waals surface area contributed by atoms with Crippen LogP contribution in [0.2, 0.25) is 0 Å². The van der Waals surface area contributed by atoms with Gasteiger partial charge in [0.15, 0.2) is 0 Å². The van der Waals surface area contributed by atoms with E-state index in [-0.39, 0.29) is 11.3 Å². The van der Waals surface area contributed by atoms with Gasteiger partial charge in [-0.05, 0) is 42.0 Å². The van der Waals surface area contributed by atoms with Gasteiger partial charge in [-0.2, -0.15) is 0 Å². The van der Waals surface area contributed by atoms with E-state index in [1.807, 2.05) is 12.1 Å². The van der Waals surface area contributed by atoms with E-state index < -0.39 is 17.7 Å². The number of aliphatic hydroxyl groups is 1. The number of hydrogen-bond donors (Lipinski definition) is 1. The van der Waals surface area contributed by atoms with E-state index in [2.05, 4.69) is 11.5 Å². The lowest BCUT2D eigenvalue weighted by Crippen LogP contribution is -2.42. The summed E-state index contributed by atoms with van der Waals surface area (Å²) < 4.78 is 16.3. The van der Waals surface area contributed by atoms with Gasteiger partial charge in [0.1, 0.15) is 23.9 Å². The van der Waals surface area contributed by atoms with Gasteiger partial charge in [-0.1, -0.05) is 24.8 Å². The second kappa shape index (κ2) is 11.2. The average molecular weight is 479 g/mol. The molecule has 4 rings (SSSR count). The number of Topliss-reactive ketones (excluding diaryl/α,β-unsaturated/α-hetero) is 1. The van der Waals surface area contributed by atoms with Gasteiger partial charge in [-0.3, -0.25) is 14.5 Å². The number of benzene rings is 2. The molecule has 0 spiro atoms. The molecular weight excluding hydrogens is 448 g/mol. The van der Waals surface area contributed by atoms with Gasteiger partial charge < -0.3 is 24.2 Å². The number of morpholine rings is 1. The van der Waals surface area contributed by atoms with Gasteiger partial charge in [0, 0.05) is 31.7 Å². The largest absolute Gasteiger partial charge is 0.507 e. The number of methoxy groups -OCH3 is 1. The number of aliphatic hydroxyl groups excluding tert-OH is 1. The molecule has 2 heterocycles. The van der Waals surface area contributed by atoms with Crippen LogP contribution in [0.1, 0.15) is 17.2 Å². The first-order valence-electron chi connectivity index (χ1n) is 11.6. The summed E-state index contributed by atoms with van der Waals surface area (Å²) in [6, 6.07) is 13.2. The Morgan fingerprint density at radius 1 is 1.11 bits per heavy atom. The molecule has 2 aromatic rings. The highest BCUT2D eigenvalue weighted by atomic mass is 16.5. The molecule has 2 saturated heterocycles. The molecule has 8 nitrogen and oxygen atoms in total. The van der Waals surface area contributed by atoms with Gasteiger partial charge in [0.2, 0.25) is 0 Å². The quantitative estimate of drug-likeness (QED) is 0.257. The molecule has 0 saturated carbocycles. The molecule has 184 valence electrons. The monoisotopic (exact) mass is 478 g/mol. The Labute approximate surface area is 205 Å². The predicted octanol–water partition coefficient (Wildman–Crippen LogP) is 3.01. The smallest absolute Gasteiger partial charge is 0.295 e. The highest BCUT2D eigenvalue weighted by Gasteiger charge is 2.46. The van der Waals surface area contributed by atoms with Gasteiger partial charge in [-0.15, -0.1) is 0 Å². The molecule has 1 amide bonds. The summed E-state index contributed by atoms with van der Waals surface area (Å²) in [5.74, 6) is -0.345. The SMILES string of the molecule is C=CCOc1cccc([C@H]2/C(=C(\O)c3ccc(OC)cc3)C(=O)C(=O)N2CCN2CCOCC2)c1. The zero-order valence-electron chi connectivity index (χ0n) is 19.8. The average Bonchev–Trinajstić information content (AvgIpc) is 3.16. The summed E-state index contributed by atoms with van der Waals surface area (Å²) in [5.41, 5.74) is 1.17. The third-order valence-electron chi connectivity index (χ3n) is 6.21. The highest BCUT2D eigenvalue weighted by molar-refractivity contribution is 6.46. The second-order valence-corrected chi connectivity index (χ2v) is 8.35. The number of nitrogens with zero attached hydrogens (tertiary/aromatic N) is 2. The molecule has 2 aromatic carbocycles. The van der Waals surface area contributed by atoms with Crippen molar-refractivity contribution in [3.8, 4) is 11.5 Å². The Morgan fingerprint density at radius 2 is 1.86 bits per heavy atom. The third-order valence-corrected chi connectivity index (χ3v) is 6.21. The molecule has 0 aliphatic carbocycles. The summed E-state index contributed by atoms with van der Waals surface area (Å²) in [4.78, 5) is 30.2. The normalized spacial score (nSPS) is 20.1. The molecule has 2 fully saturated rings. The van der Waals surface area contributed by atoms with Crippen molar-refractivity contribution in [1.82, 2.24) is 9.80 Å². The van der Waals surface area contributed by atoms with Crippen molar-refractivity contribution in [1.29, 1.82) is 0 Å². The first kappa shape index (κ1) is 24.5. The Hall–Kier alpha value is -3.62. The van der Waals surface area contributed by atoms with Crippen molar-refractivity contribution in [3.05, 3.63) is 77.9 Å². The van der Waals surface area contributed by atoms with Crippen LogP contribution in [-0.4, -0.2) is 79.7 Å². The van der Waals surface area contributed by atoms with E-state index >= 15 is 0 Å². The predicted molar refractivity (Wildman–Crippen MR) is 131 cm³/mol. The van der Waals surface area contributed by atoms with Crippen LogP contribution in [0.15, 0.2) is 66.8 Å². The van der Waals surface area contributed by atoms with Gasteiger partial charge in [0.25, 0.3) is 11.7 Å². The first-order chi connectivity index (χ1) is 17.0. The molecule has 1 atom stereocenters. The number of ketones is 1. The number of carbonyl (C=O) groups is 2. The fraction of sp³-hybridized carbons (Fsp3) is 0.333. The van der Waals surface area contributed by atoms with E-state index in [0.29, 0.717) is 55.5 Å². The number of carbonyl (C=O) groups excluding carboxylic acids is 2. The maximum absolute atomic E-state index is 13.2. The van der Waals surface area contributed by atoms with Crippen LogP contribution in [0.5, 0.6) is 11.5 Å². The van der Waals surface area contributed by atoms with Crippen LogP contribution in [0.25, 0.3) is 5.76 Å². The lowest BCUT2D eigenvalue weighted by atomic mass is 9.95. The lowest BCUT2D eigenvalue weighted by molar-refractivity contribution is -0.140. The molecule has 0 aromatic heterocycles.